The van der Waals surface area contributed by atoms with E-state index in [9.17, 15) is 0 Å². The molecule has 0 aliphatic heterocycles. The number of pyridine rings is 1. The number of nitrogens with zero attached hydrogens (tertiary/aromatic N) is 5. The van der Waals surface area contributed by atoms with Gasteiger partial charge in [-0.25, -0.2) is 0 Å². The molecule has 0 aliphatic rings. The monoisotopic (exact) mass is 310 g/mol. The summed E-state index contributed by atoms with van der Waals surface area (Å²) in [5.74, 6) is 0. The number of nitrogens with one attached hydrogen (secondary N) is 1. The van der Waals surface area contributed by atoms with Gasteiger partial charge >= 0.3 is 0 Å². The molecule has 120 valence electrons. The van der Waals surface area contributed by atoms with Crippen LogP contribution in [0.1, 0.15) is 18.1 Å². The average Bonchev–Trinajstić information content (AvgIpc) is 3.12. The zero-order chi connectivity index (χ0) is 16.2. The molecule has 0 bridgehead atoms. The Morgan fingerprint density at radius 1 is 1.26 bits per heavy atom. The minimum atomic E-state index is 0.316. The van der Waals surface area contributed by atoms with Crippen molar-refractivity contribution < 1.29 is 0 Å². The number of aryl methyl sites for hydroxylation is 2. The lowest BCUT2D eigenvalue weighted by atomic mass is 10.1. The predicted octanol–water partition coefficient (Wildman–Crippen LogP) is 2.17. The molecule has 0 saturated carbocycles. The summed E-state index contributed by atoms with van der Waals surface area (Å²) in [5.41, 5.74) is 4.38. The molecule has 0 aliphatic carbocycles. The lowest BCUT2D eigenvalue weighted by Gasteiger charge is -2.13. The van der Waals surface area contributed by atoms with E-state index in [1.807, 2.05) is 40.9 Å². The van der Waals surface area contributed by atoms with Gasteiger partial charge in [0.2, 0.25) is 0 Å². The zero-order valence-electron chi connectivity index (χ0n) is 13.8. The summed E-state index contributed by atoms with van der Waals surface area (Å²) < 4.78 is 3.82. The molecule has 3 rings (SSSR count). The van der Waals surface area contributed by atoms with Crippen molar-refractivity contribution in [2.45, 2.75) is 33.0 Å². The van der Waals surface area contributed by atoms with E-state index in [2.05, 4.69) is 46.7 Å². The molecule has 1 N–H and O–H groups in total. The van der Waals surface area contributed by atoms with Gasteiger partial charge in [-0.05, 0) is 31.5 Å². The van der Waals surface area contributed by atoms with Crippen LogP contribution >= 0.6 is 0 Å². The first-order valence-corrected chi connectivity index (χ1v) is 7.77. The quantitative estimate of drug-likeness (QED) is 0.758. The molecular formula is C17H22N6. The maximum Gasteiger partial charge on any atom is 0.0983 e. The normalized spacial score (nSPS) is 12.5. The van der Waals surface area contributed by atoms with Crippen LogP contribution in [-0.2, 0) is 20.1 Å². The molecule has 1 atom stereocenters. The van der Waals surface area contributed by atoms with Crippen molar-refractivity contribution >= 4 is 0 Å². The van der Waals surface area contributed by atoms with Crippen LogP contribution in [0, 0.1) is 6.92 Å². The first kappa shape index (κ1) is 15.4. The second-order valence-corrected chi connectivity index (χ2v) is 5.94. The third-order valence-corrected chi connectivity index (χ3v) is 3.70. The minimum Gasteiger partial charge on any atom is -0.308 e. The Bertz CT molecular complexity index is 758. The van der Waals surface area contributed by atoms with Crippen LogP contribution in [0.25, 0.3) is 11.3 Å². The fourth-order valence-electron chi connectivity index (χ4n) is 2.61. The van der Waals surface area contributed by atoms with Gasteiger partial charge in [0.25, 0.3) is 0 Å². The Balaban J connectivity index is 1.66. The molecule has 6 heteroatoms. The number of hydrogen-bond donors (Lipinski definition) is 1. The van der Waals surface area contributed by atoms with Gasteiger partial charge < -0.3 is 5.32 Å². The molecule has 0 saturated heterocycles. The minimum absolute atomic E-state index is 0.316. The van der Waals surface area contributed by atoms with E-state index in [1.165, 1.54) is 11.1 Å². The summed E-state index contributed by atoms with van der Waals surface area (Å²) in [7, 11) is 1.94. The van der Waals surface area contributed by atoms with Crippen LogP contribution in [0.4, 0.5) is 0 Å². The van der Waals surface area contributed by atoms with Gasteiger partial charge in [0, 0.05) is 55.5 Å². The van der Waals surface area contributed by atoms with E-state index in [1.54, 1.807) is 6.20 Å². The molecule has 0 fully saturated rings. The summed E-state index contributed by atoms with van der Waals surface area (Å²) in [4.78, 5) is 4.18. The zero-order valence-corrected chi connectivity index (χ0v) is 13.8. The third kappa shape index (κ3) is 3.84. The fraction of sp³-hybridized carbons (Fsp3) is 0.353. The van der Waals surface area contributed by atoms with Gasteiger partial charge in [-0.2, -0.15) is 10.2 Å². The van der Waals surface area contributed by atoms with Crippen molar-refractivity contribution in [1.82, 2.24) is 29.9 Å². The highest BCUT2D eigenvalue weighted by molar-refractivity contribution is 5.61. The maximum atomic E-state index is 4.57. The average molecular weight is 310 g/mol. The topological polar surface area (TPSA) is 60.6 Å². The molecule has 3 heterocycles. The van der Waals surface area contributed by atoms with E-state index in [0.29, 0.717) is 6.04 Å². The Kier molecular flexibility index (Phi) is 4.52. The Hall–Kier alpha value is -2.47. The molecule has 23 heavy (non-hydrogen) atoms. The van der Waals surface area contributed by atoms with E-state index < -0.39 is 0 Å². The van der Waals surface area contributed by atoms with Crippen molar-refractivity contribution in [3.05, 3.63) is 54.2 Å². The number of hydrogen-bond acceptors (Lipinski definition) is 4. The van der Waals surface area contributed by atoms with E-state index in [4.69, 9.17) is 0 Å². The summed E-state index contributed by atoms with van der Waals surface area (Å²) in [6.07, 6.45) is 9.62. The van der Waals surface area contributed by atoms with Gasteiger partial charge in [0.15, 0.2) is 0 Å². The third-order valence-electron chi connectivity index (χ3n) is 3.70. The standard InChI is InChI=1S/C17H22N6/c1-13-7-20-23(10-13)11-14(2)19-9-16-12-22(3)21-17(16)15-5-4-6-18-8-15/h4-8,10,12,14,19H,9,11H2,1-3H3/t14-/m0/s1. The first-order chi connectivity index (χ1) is 11.1. The molecular weight excluding hydrogens is 288 g/mol. The second kappa shape index (κ2) is 6.75. The van der Waals surface area contributed by atoms with Crippen LogP contribution < -0.4 is 5.32 Å². The van der Waals surface area contributed by atoms with E-state index >= 15 is 0 Å². The van der Waals surface area contributed by atoms with Gasteiger partial charge in [-0.3, -0.25) is 14.3 Å². The van der Waals surface area contributed by atoms with Crippen LogP contribution in [0.15, 0.2) is 43.1 Å². The first-order valence-electron chi connectivity index (χ1n) is 7.77. The van der Waals surface area contributed by atoms with Gasteiger partial charge in [-0.15, -0.1) is 0 Å². The summed E-state index contributed by atoms with van der Waals surface area (Å²) in [5, 5.41) is 12.4. The summed E-state index contributed by atoms with van der Waals surface area (Å²) in [6, 6.07) is 4.29. The van der Waals surface area contributed by atoms with E-state index in [0.717, 1.165) is 24.3 Å². The Morgan fingerprint density at radius 3 is 2.83 bits per heavy atom. The molecule has 0 amide bonds. The van der Waals surface area contributed by atoms with Crippen molar-refractivity contribution in [2.24, 2.45) is 7.05 Å². The Morgan fingerprint density at radius 2 is 2.13 bits per heavy atom. The molecule has 3 aromatic rings. The van der Waals surface area contributed by atoms with Crippen molar-refractivity contribution in [3.63, 3.8) is 0 Å². The molecule has 0 aromatic carbocycles. The van der Waals surface area contributed by atoms with Crippen molar-refractivity contribution in [2.75, 3.05) is 0 Å². The van der Waals surface area contributed by atoms with Gasteiger partial charge in [0.1, 0.15) is 0 Å². The summed E-state index contributed by atoms with van der Waals surface area (Å²) in [6.45, 7) is 5.82. The highest BCUT2D eigenvalue weighted by Gasteiger charge is 2.11. The Labute approximate surface area is 136 Å². The molecule has 0 unspecified atom stereocenters. The van der Waals surface area contributed by atoms with Gasteiger partial charge in [0.05, 0.1) is 18.4 Å². The van der Waals surface area contributed by atoms with Gasteiger partial charge in [-0.1, -0.05) is 0 Å². The fourth-order valence-corrected chi connectivity index (χ4v) is 2.61. The number of rotatable bonds is 6. The molecule has 0 spiro atoms. The molecule has 6 nitrogen and oxygen atoms in total. The summed E-state index contributed by atoms with van der Waals surface area (Å²) >= 11 is 0. The van der Waals surface area contributed by atoms with Crippen molar-refractivity contribution in [1.29, 1.82) is 0 Å². The highest BCUT2D eigenvalue weighted by atomic mass is 15.3. The SMILES string of the molecule is Cc1cnn(C[C@H](C)NCc2cn(C)nc2-c2cccnc2)c1. The van der Waals surface area contributed by atoms with Crippen LogP contribution in [0.5, 0.6) is 0 Å². The smallest absolute Gasteiger partial charge is 0.0983 e. The van der Waals surface area contributed by atoms with Crippen LogP contribution in [-0.4, -0.2) is 30.6 Å². The molecule has 0 radical (unpaired) electrons. The lowest BCUT2D eigenvalue weighted by molar-refractivity contribution is 0.451. The number of aromatic nitrogens is 5. The van der Waals surface area contributed by atoms with Crippen molar-refractivity contribution in [3.8, 4) is 11.3 Å². The lowest BCUT2D eigenvalue weighted by Crippen LogP contribution is -2.30. The van der Waals surface area contributed by atoms with Crippen LogP contribution in [0.3, 0.4) is 0 Å². The predicted molar refractivity (Wildman–Crippen MR) is 89.7 cm³/mol. The maximum absolute atomic E-state index is 4.57. The second-order valence-electron chi connectivity index (χ2n) is 5.94. The highest BCUT2D eigenvalue weighted by Crippen LogP contribution is 2.20. The molecule has 3 aromatic heterocycles. The van der Waals surface area contributed by atoms with E-state index in [-0.39, 0.29) is 0 Å². The largest absolute Gasteiger partial charge is 0.308 e. The van der Waals surface area contributed by atoms with Crippen LogP contribution in [0.2, 0.25) is 0 Å².